The Morgan fingerprint density at radius 3 is 2.81 bits per heavy atom. The van der Waals surface area contributed by atoms with Gasteiger partial charge in [-0.3, -0.25) is 15.0 Å². The molecular formula is C20H27N3O3S. The van der Waals surface area contributed by atoms with Gasteiger partial charge in [0.05, 0.1) is 17.9 Å². The number of thiazole rings is 1. The molecule has 2 heterocycles. The summed E-state index contributed by atoms with van der Waals surface area (Å²) in [4.78, 5) is 19.0. The number of hydrogen-bond acceptors (Lipinski definition) is 6. The Bertz CT molecular complexity index is 783. The third kappa shape index (κ3) is 5.76. The molecule has 2 atom stereocenters. The van der Waals surface area contributed by atoms with Gasteiger partial charge in [0.15, 0.2) is 11.7 Å². The van der Waals surface area contributed by atoms with E-state index in [0.717, 1.165) is 42.2 Å². The first-order valence-electron chi connectivity index (χ1n) is 9.21. The summed E-state index contributed by atoms with van der Waals surface area (Å²) in [5.74, 6) is 0.533. The molecule has 6 nitrogen and oxygen atoms in total. The molecule has 1 amide bonds. The number of hydrogen-bond donors (Lipinski definition) is 1. The molecule has 3 rings (SSSR count). The lowest BCUT2D eigenvalue weighted by Gasteiger charge is -2.34. The van der Waals surface area contributed by atoms with Gasteiger partial charge in [-0.25, -0.2) is 4.98 Å². The topological polar surface area (TPSA) is 63.7 Å². The highest BCUT2D eigenvalue weighted by atomic mass is 32.1. The maximum atomic E-state index is 12.2. The molecule has 0 spiro atoms. The van der Waals surface area contributed by atoms with Crippen molar-refractivity contribution in [2.24, 2.45) is 0 Å². The molecule has 2 unspecified atom stereocenters. The first-order chi connectivity index (χ1) is 12.9. The Balaban J connectivity index is 1.49. The van der Waals surface area contributed by atoms with Gasteiger partial charge in [-0.05, 0) is 44.9 Å². The summed E-state index contributed by atoms with van der Waals surface area (Å²) >= 11 is 1.44. The zero-order valence-corrected chi connectivity index (χ0v) is 17.1. The van der Waals surface area contributed by atoms with E-state index in [1.807, 2.05) is 37.4 Å². The van der Waals surface area contributed by atoms with Crippen LogP contribution in [-0.2, 0) is 16.1 Å². The van der Waals surface area contributed by atoms with Crippen molar-refractivity contribution in [1.29, 1.82) is 0 Å². The minimum absolute atomic E-state index is 0.0301. The maximum absolute atomic E-state index is 12.2. The maximum Gasteiger partial charge on any atom is 0.264 e. The highest BCUT2D eigenvalue weighted by Gasteiger charge is 2.22. The fourth-order valence-corrected chi connectivity index (χ4v) is 3.96. The second-order valence-electron chi connectivity index (χ2n) is 7.20. The number of nitrogens with zero attached hydrogens (tertiary/aromatic N) is 2. The molecule has 1 fully saturated rings. The average molecular weight is 390 g/mol. The number of amides is 1. The van der Waals surface area contributed by atoms with Crippen LogP contribution in [0.1, 0.15) is 30.7 Å². The Kier molecular flexibility index (Phi) is 6.46. The van der Waals surface area contributed by atoms with Gasteiger partial charge in [0, 0.05) is 25.0 Å². The number of aryl methyl sites for hydroxylation is 2. The molecule has 2 aromatic rings. The molecule has 0 bridgehead atoms. The Hall–Kier alpha value is -1.96. The molecule has 1 N–H and O–H groups in total. The largest absolute Gasteiger partial charge is 0.483 e. The normalized spacial score (nSPS) is 20.4. The number of nitrogens with one attached hydrogen (secondary N) is 1. The molecule has 1 saturated heterocycles. The lowest BCUT2D eigenvalue weighted by molar-refractivity contribution is -0.118. The summed E-state index contributed by atoms with van der Waals surface area (Å²) in [6, 6.07) is 5.95. The van der Waals surface area contributed by atoms with E-state index in [2.05, 4.69) is 29.0 Å². The van der Waals surface area contributed by atoms with Gasteiger partial charge in [-0.2, -0.15) is 0 Å². The van der Waals surface area contributed by atoms with Crippen LogP contribution in [0.4, 0.5) is 5.13 Å². The van der Waals surface area contributed by atoms with E-state index in [1.165, 1.54) is 11.3 Å². The molecule has 1 aromatic heterocycles. The van der Waals surface area contributed by atoms with Crippen LogP contribution in [0.25, 0.3) is 0 Å². The number of aromatic nitrogens is 1. The summed E-state index contributed by atoms with van der Waals surface area (Å²) in [5, 5.41) is 5.42. The summed E-state index contributed by atoms with van der Waals surface area (Å²) in [5.41, 5.74) is 3.08. The standard InChI is InChI=1S/C20H27N3O3S/c1-13-5-6-14(2)18(7-13)25-11-19(24)22-20-21-17(12-27-20)10-23-8-15(3)26-16(4)9-23/h5-7,12,15-16H,8-11H2,1-4H3,(H,21,22,24). The summed E-state index contributed by atoms with van der Waals surface area (Å²) in [6.07, 6.45) is 0.461. The third-order valence-corrected chi connectivity index (χ3v) is 5.19. The quantitative estimate of drug-likeness (QED) is 0.820. The summed E-state index contributed by atoms with van der Waals surface area (Å²) < 4.78 is 11.4. The van der Waals surface area contributed by atoms with Crippen LogP contribution in [0.15, 0.2) is 23.6 Å². The van der Waals surface area contributed by atoms with Gasteiger partial charge in [-0.15, -0.1) is 11.3 Å². The minimum atomic E-state index is -0.203. The van der Waals surface area contributed by atoms with Crippen molar-refractivity contribution < 1.29 is 14.3 Å². The molecule has 1 aliphatic rings. The van der Waals surface area contributed by atoms with Gasteiger partial charge < -0.3 is 9.47 Å². The highest BCUT2D eigenvalue weighted by molar-refractivity contribution is 7.13. The molecule has 0 radical (unpaired) electrons. The first-order valence-corrected chi connectivity index (χ1v) is 10.1. The molecule has 0 saturated carbocycles. The molecule has 1 aromatic carbocycles. The molecule has 1 aliphatic heterocycles. The van der Waals surface area contributed by atoms with Crippen LogP contribution in [-0.4, -0.2) is 47.7 Å². The molecular weight excluding hydrogens is 362 g/mol. The van der Waals surface area contributed by atoms with Crippen LogP contribution >= 0.6 is 11.3 Å². The smallest absolute Gasteiger partial charge is 0.264 e. The third-order valence-electron chi connectivity index (χ3n) is 4.38. The van der Waals surface area contributed by atoms with E-state index < -0.39 is 0 Å². The van der Waals surface area contributed by atoms with E-state index in [1.54, 1.807) is 0 Å². The number of carbonyl (C=O) groups is 1. The fraction of sp³-hybridized carbons (Fsp3) is 0.500. The number of benzene rings is 1. The lowest BCUT2D eigenvalue weighted by Crippen LogP contribution is -2.44. The second kappa shape index (κ2) is 8.82. The van der Waals surface area contributed by atoms with Crippen LogP contribution < -0.4 is 10.1 Å². The van der Waals surface area contributed by atoms with E-state index in [-0.39, 0.29) is 24.7 Å². The van der Waals surface area contributed by atoms with Crippen LogP contribution in [0.3, 0.4) is 0 Å². The van der Waals surface area contributed by atoms with Gasteiger partial charge in [0.2, 0.25) is 0 Å². The minimum Gasteiger partial charge on any atom is -0.483 e. The van der Waals surface area contributed by atoms with Crippen LogP contribution in [0.2, 0.25) is 0 Å². The van der Waals surface area contributed by atoms with Crippen LogP contribution in [0.5, 0.6) is 5.75 Å². The number of carbonyl (C=O) groups excluding carboxylic acids is 1. The monoisotopic (exact) mass is 389 g/mol. The molecule has 146 valence electrons. The fourth-order valence-electron chi connectivity index (χ4n) is 3.24. The zero-order chi connectivity index (χ0) is 19.4. The van der Waals surface area contributed by atoms with E-state index in [9.17, 15) is 4.79 Å². The van der Waals surface area contributed by atoms with Crippen LogP contribution in [0, 0.1) is 13.8 Å². The van der Waals surface area contributed by atoms with Crippen molar-refractivity contribution in [3.8, 4) is 5.75 Å². The van der Waals surface area contributed by atoms with Crippen molar-refractivity contribution in [1.82, 2.24) is 9.88 Å². The second-order valence-corrected chi connectivity index (χ2v) is 8.06. The average Bonchev–Trinajstić information content (AvgIpc) is 3.01. The van der Waals surface area contributed by atoms with E-state index in [0.29, 0.717) is 5.13 Å². The van der Waals surface area contributed by atoms with Gasteiger partial charge in [0.25, 0.3) is 5.91 Å². The van der Waals surface area contributed by atoms with E-state index in [4.69, 9.17) is 9.47 Å². The molecule has 7 heteroatoms. The Labute approximate surface area is 164 Å². The first kappa shape index (κ1) is 19.8. The van der Waals surface area contributed by atoms with Crippen molar-refractivity contribution in [2.45, 2.75) is 46.4 Å². The van der Waals surface area contributed by atoms with Gasteiger partial charge >= 0.3 is 0 Å². The molecule has 27 heavy (non-hydrogen) atoms. The Morgan fingerprint density at radius 1 is 1.33 bits per heavy atom. The highest BCUT2D eigenvalue weighted by Crippen LogP contribution is 2.21. The Morgan fingerprint density at radius 2 is 2.07 bits per heavy atom. The number of rotatable bonds is 6. The number of morpholine rings is 1. The molecule has 0 aliphatic carbocycles. The van der Waals surface area contributed by atoms with Crippen molar-refractivity contribution in [2.75, 3.05) is 25.0 Å². The predicted octanol–water partition coefficient (Wildman–Crippen LogP) is 3.39. The van der Waals surface area contributed by atoms with E-state index >= 15 is 0 Å². The van der Waals surface area contributed by atoms with Crippen molar-refractivity contribution in [3.05, 3.63) is 40.4 Å². The van der Waals surface area contributed by atoms with Crippen molar-refractivity contribution >= 4 is 22.4 Å². The predicted molar refractivity (Wildman–Crippen MR) is 107 cm³/mol. The summed E-state index contributed by atoms with van der Waals surface area (Å²) in [6.45, 7) is 10.7. The zero-order valence-electron chi connectivity index (χ0n) is 16.3. The van der Waals surface area contributed by atoms with Gasteiger partial charge in [-0.1, -0.05) is 12.1 Å². The summed E-state index contributed by atoms with van der Waals surface area (Å²) in [7, 11) is 0. The number of ether oxygens (including phenoxy) is 2. The lowest BCUT2D eigenvalue weighted by atomic mass is 10.1. The van der Waals surface area contributed by atoms with Gasteiger partial charge in [0.1, 0.15) is 5.75 Å². The number of anilines is 1. The SMILES string of the molecule is Cc1ccc(C)c(OCC(=O)Nc2nc(CN3CC(C)OC(C)C3)cs2)c1. The van der Waals surface area contributed by atoms with Crippen molar-refractivity contribution in [3.63, 3.8) is 0 Å².